The maximum atomic E-state index is 12.1. The van der Waals surface area contributed by atoms with Crippen LogP contribution in [-0.2, 0) is 6.54 Å². The van der Waals surface area contributed by atoms with E-state index >= 15 is 0 Å². The van der Waals surface area contributed by atoms with E-state index in [4.69, 9.17) is 10.5 Å². The number of halogens is 3. The predicted octanol–water partition coefficient (Wildman–Crippen LogP) is 1.77. The Morgan fingerprint density at radius 3 is 2.71 bits per heavy atom. The van der Waals surface area contributed by atoms with Gasteiger partial charge in [-0.15, -0.1) is 0 Å². The van der Waals surface area contributed by atoms with E-state index < -0.39 is 18.7 Å². The summed E-state index contributed by atoms with van der Waals surface area (Å²) in [6.07, 6.45) is -5.93. The fourth-order valence-electron chi connectivity index (χ4n) is 1.78. The second kappa shape index (κ2) is 8.21. The highest BCUT2D eigenvalue weighted by molar-refractivity contribution is 5.28. The van der Waals surface area contributed by atoms with Crippen LogP contribution in [0.5, 0.6) is 5.75 Å². The molecule has 120 valence electrons. The maximum absolute atomic E-state index is 12.1. The minimum absolute atomic E-state index is 0.0182. The molecule has 1 aromatic carbocycles. The van der Waals surface area contributed by atoms with Gasteiger partial charge in [0.05, 0.1) is 6.42 Å². The molecular weight excluding hydrogens is 285 g/mol. The Hall–Kier alpha value is -1.31. The van der Waals surface area contributed by atoms with Crippen molar-refractivity contribution in [2.24, 2.45) is 5.73 Å². The number of ether oxygens (including phenoxy) is 1. The van der Waals surface area contributed by atoms with Crippen LogP contribution in [0, 0.1) is 0 Å². The third-order valence-electron chi connectivity index (χ3n) is 2.88. The Morgan fingerprint density at radius 2 is 2.10 bits per heavy atom. The summed E-state index contributed by atoms with van der Waals surface area (Å²) in [7, 11) is 1.53. The fraction of sp³-hybridized carbons (Fsp3) is 0.571. The molecule has 0 saturated heterocycles. The van der Waals surface area contributed by atoms with Crippen molar-refractivity contribution in [1.82, 2.24) is 4.90 Å². The van der Waals surface area contributed by atoms with E-state index in [-0.39, 0.29) is 19.7 Å². The highest BCUT2D eigenvalue weighted by atomic mass is 19.4. The molecule has 0 radical (unpaired) electrons. The number of nitrogens with two attached hydrogens (primary N) is 1. The van der Waals surface area contributed by atoms with Gasteiger partial charge >= 0.3 is 6.18 Å². The Labute approximate surface area is 122 Å². The van der Waals surface area contributed by atoms with Gasteiger partial charge in [-0.3, -0.25) is 0 Å². The fourth-order valence-corrected chi connectivity index (χ4v) is 1.78. The Morgan fingerprint density at radius 1 is 1.38 bits per heavy atom. The van der Waals surface area contributed by atoms with Crippen LogP contribution < -0.4 is 10.5 Å². The van der Waals surface area contributed by atoms with Gasteiger partial charge in [-0.1, -0.05) is 12.1 Å². The summed E-state index contributed by atoms with van der Waals surface area (Å²) in [5, 5.41) is 9.76. The highest BCUT2D eigenvalue weighted by Crippen LogP contribution is 2.19. The summed E-state index contributed by atoms with van der Waals surface area (Å²) in [4.78, 5) is 1.43. The van der Waals surface area contributed by atoms with Crippen molar-refractivity contribution in [2.45, 2.75) is 25.2 Å². The molecule has 0 bridgehead atoms. The normalized spacial score (nSPS) is 13.5. The molecule has 0 aromatic heterocycles. The van der Waals surface area contributed by atoms with Gasteiger partial charge in [-0.25, -0.2) is 0 Å². The molecule has 0 amide bonds. The minimum Gasteiger partial charge on any atom is -0.491 e. The number of hydrogen-bond donors (Lipinski definition) is 2. The molecule has 21 heavy (non-hydrogen) atoms. The topological polar surface area (TPSA) is 58.7 Å². The van der Waals surface area contributed by atoms with E-state index in [1.165, 1.54) is 11.9 Å². The van der Waals surface area contributed by atoms with Crippen LogP contribution in [-0.4, -0.2) is 49.0 Å². The highest BCUT2D eigenvalue weighted by Gasteiger charge is 2.27. The van der Waals surface area contributed by atoms with Crippen LogP contribution >= 0.6 is 0 Å². The van der Waals surface area contributed by atoms with E-state index in [0.717, 1.165) is 5.56 Å². The van der Waals surface area contributed by atoms with Crippen molar-refractivity contribution < 1.29 is 23.0 Å². The number of likely N-dealkylation sites (N-methyl/N-ethyl adjacent to an activating group) is 1. The lowest BCUT2D eigenvalue weighted by atomic mass is 10.2. The quantitative estimate of drug-likeness (QED) is 0.768. The van der Waals surface area contributed by atoms with E-state index in [0.29, 0.717) is 12.3 Å². The van der Waals surface area contributed by atoms with E-state index in [1.807, 2.05) is 6.07 Å². The van der Waals surface area contributed by atoms with Crippen LogP contribution in [0.15, 0.2) is 24.3 Å². The number of hydrogen-bond acceptors (Lipinski definition) is 4. The molecule has 0 spiro atoms. The van der Waals surface area contributed by atoms with Gasteiger partial charge in [0, 0.05) is 19.6 Å². The number of benzene rings is 1. The van der Waals surface area contributed by atoms with Crippen LogP contribution in [0.25, 0.3) is 0 Å². The van der Waals surface area contributed by atoms with Gasteiger partial charge < -0.3 is 20.5 Å². The number of alkyl halides is 3. The summed E-state index contributed by atoms with van der Waals surface area (Å²) in [6.45, 7) is 0.375. The van der Waals surface area contributed by atoms with Gasteiger partial charge in [0.2, 0.25) is 0 Å². The lowest BCUT2D eigenvalue weighted by Crippen LogP contribution is -2.35. The SMILES string of the molecule is CN(CCC(F)(F)F)CC(O)COc1cccc(CN)c1. The van der Waals surface area contributed by atoms with Crippen molar-refractivity contribution in [3.8, 4) is 5.75 Å². The average molecular weight is 306 g/mol. The molecule has 4 nitrogen and oxygen atoms in total. The Balaban J connectivity index is 2.31. The molecule has 1 unspecified atom stereocenters. The van der Waals surface area contributed by atoms with Gasteiger partial charge in [0.1, 0.15) is 18.5 Å². The van der Waals surface area contributed by atoms with Gasteiger partial charge in [0.15, 0.2) is 0 Å². The lowest BCUT2D eigenvalue weighted by molar-refractivity contribution is -0.138. The number of aliphatic hydroxyl groups is 1. The first-order chi connectivity index (χ1) is 9.80. The number of nitrogens with zero attached hydrogens (tertiary/aromatic N) is 1. The standard InChI is InChI=1S/C14H21F3N2O2/c1-19(6-5-14(15,16)17)9-12(20)10-21-13-4-2-3-11(7-13)8-18/h2-4,7,12,20H,5-6,8-10,18H2,1H3. The first-order valence-corrected chi connectivity index (χ1v) is 6.65. The smallest absolute Gasteiger partial charge is 0.390 e. The predicted molar refractivity (Wildman–Crippen MR) is 74.0 cm³/mol. The second-order valence-corrected chi connectivity index (χ2v) is 4.94. The zero-order valence-corrected chi connectivity index (χ0v) is 11.9. The van der Waals surface area contributed by atoms with Crippen molar-refractivity contribution in [2.75, 3.05) is 26.7 Å². The first-order valence-electron chi connectivity index (χ1n) is 6.65. The van der Waals surface area contributed by atoms with E-state index in [2.05, 4.69) is 0 Å². The molecule has 0 heterocycles. The van der Waals surface area contributed by atoms with E-state index in [1.54, 1.807) is 18.2 Å². The zero-order chi connectivity index (χ0) is 15.9. The first kappa shape index (κ1) is 17.7. The van der Waals surface area contributed by atoms with Crippen molar-refractivity contribution in [3.63, 3.8) is 0 Å². The molecular formula is C14H21F3N2O2. The van der Waals surface area contributed by atoms with Crippen LogP contribution in [0.1, 0.15) is 12.0 Å². The number of rotatable bonds is 8. The molecule has 0 aliphatic rings. The average Bonchev–Trinajstić information content (AvgIpc) is 2.42. The summed E-state index contributed by atoms with van der Waals surface area (Å²) in [5.41, 5.74) is 6.41. The van der Waals surface area contributed by atoms with Crippen LogP contribution in [0.4, 0.5) is 13.2 Å². The zero-order valence-electron chi connectivity index (χ0n) is 11.9. The third-order valence-corrected chi connectivity index (χ3v) is 2.88. The van der Waals surface area contributed by atoms with Crippen molar-refractivity contribution in [3.05, 3.63) is 29.8 Å². The van der Waals surface area contributed by atoms with Gasteiger partial charge in [-0.05, 0) is 24.7 Å². The van der Waals surface area contributed by atoms with Crippen LogP contribution in [0.2, 0.25) is 0 Å². The molecule has 0 aliphatic heterocycles. The molecule has 0 saturated carbocycles. The largest absolute Gasteiger partial charge is 0.491 e. The third kappa shape index (κ3) is 7.89. The summed E-state index contributed by atoms with van der Waals surface area (Å²) < 4.78 is 41.6. The monoisotopic (exact) mass is 306 g/mol. The lowest BCUT2D eigenvalue weighted by Gasteiger charge is -2.21. The van der Waals surface area contributed by atoms with Gasteiger partial charge in [0.25, 0.3) is 0 Å². The molecule has 1 atom stereocenters. The summed E-state index contributed by atoms with van der Waals surface area (Å²) in [5.74, 6) is 0.579. The molecule has 3 N–H and O–H groups in total. The molecule has 1 rings (SSSR count). The molecule has 1 aromatic rings. The van der Waals surface area contributed by atoms with E-state index in [9.17, 15) is 18.3 Å². The maximum Gasteiger partial charge on any atom is 0.390 e. The van der Waals surface area contributed by atoms with Gasteiger partial charge in [-0.2, -0.15) is 13.2 Å². The van der Waals surface area contributed by atoms with Crippen molar-refractivity contribution >= 4 is 0 Å². The summed E-state index contributed by atoms with van der Waals surface area (Å²) in [6, 6.07) is 7.15. The Kier molecular flexibility index (Phi) is 6.94. The summed E-state index contributed by atoms with van der Waals surface area (Å²) >= 11 is 0. The Bertz CT molecular complexity index is 427. The molecule has 7 heteroatoms. The van der Waals surface area contributed by atoms with Crippen molar-refractivity contribution in [1.29, 1.82) is 0 Å². The second-order valence-electron chi connectivity index (χ2n) is 4.94. The minimum atomic E-state index is -4.18. The van der Waals surface area contributed by atoms with Crippen LogP contribution in [0.3, 0.4) is 0 Å². The number of aliphatic hydroxyl groups excluding tert-OH is 1. The molecule has 0 aliphatic carbocycles. The molecule has 0 fully saturated rings.